The topological polar surface area (TPSA) is 46.5 Å². The summed E-state index contributed by atoms with van der Waals surface area (Å²) in [6.45, 7) is 2.31. The molecule has 4 heteroatoms. The smallest absolute Gasteiger partial charge is 1.00 e. The van der Waals surface area contributed by atoms with E-state index in [1.165, 1.54) is 57.8 Å². The van der Waals surface area contributed by atoms with Gasteiger partial charge in [-0.15, -0.1) is 0 Å². The Morgan fingerprint density at radius 1 is 0.900 bits per heavy atom. The number of aliphatic hydroxyl groups is 1. The number of ether oxygens (including phenoxy) is 1. The number of esters is 1. The molecule has 0 rings (SSSR count). The van der Waals surface area contributed by atoms with E-state index < -0.39 is 0 Å². The van der Waals surface area contributed by atoms with Crippen LogP contribution in [0.3, 0.4) is 0 Å². The first-order chi connectivity index (χ1) is 9.31. The maximum absolute atomic E-state index is 11.1. The van der Waals surface area contributed by atoms with Crippen molar-refractivity contribution in [2.75, 3.05) is 13.2 Å². The van der Waals surface area contributed by atoms with E-state index in [9.17, 15) is 4.79 Å². The van der Waals surface area contributed by atoms with Crippen LogP contribution >= 0.6 is 0 Å². The fourth-order valence-corrected chi connectivity index (χ4v) is 2.17. The molecule has 0 aliphatic carbocycles. The van der Waals surface area contributed by atoms with Crippen LogP contribution in [-0.2, 0) is 9.53 Å². The van der Waals surface area contributed by atoms with Gasteiger partial charge in [-0.1, -0.05) is 71.1 Å². The van der Waals surface area contributed by atoms with Crippen LogP contribution in [0.2, 0.25) is 0 Å². The molecule has 0 atom stereocenters. The minimum absolute atomic E-state index is 0. The molecule has 116 valence electrons. The van der Waals surface area contributed by atoms with Gasteiger partial charge in [0.05, 0.1) is 6.61 Å². The van der Waals surface area contributed by atoms with Crippen LogP contribution in [0.25, 0.3) is 0 Å². The SMILES string of the molecule is CCCCCCCCCCCCCC(=O)OCCO.[H-].[K+]. The molecule has 0 fully saturated rings. The first-order valence-electron chi connectivity index (χ1n) is 8.07. The maximum atomic E-state index is 11.1. The molecule has 0 saturated heterocycles. The van der Waals surface area contributed by atoms with Crippen LogP contribution in [0.5, 0.6) is 0 Å². The molecular weight excluding hydrogens is 279 g/mol. The van der Waals surface area contributed by atoms with Crippen molar-refractivity contribution in [1.82, 2.24) is 0 Å². The van der Waals surface area contributed by atoms with Crippen LogP contribution in [0, 0.1) is 0 Å². The van der Waals surface area contributed by atoms with Gasteiger partial charge in [-0.05, 0) is 6.42 Å². The fraction of sp³-hybridized carbons (Fsp3) is 0.938. The summed E-state index contributed by atoms with van der Waals surface area (Å²) in [5.41, 5.74) is 0. The molecule has 0 unspecified atom stereocenters. The van der Waals surface area contributed by atoms with Crippen molar-refractivity contribution in [2.24, 2.45) is 0 Å². The fourth-order valence-electron chi connectivity index (χ4n) is 2.17. The van der Waals surface area contributed by atoms with Gasteiger partial charge >= 0.3 is 57.4 Å². The second-order valence-electron chi connectivity index (χ2n) is 5.23. The van der Waals surface area contributed by atoms with Gasteiger partial charge in [0, 0.05) is 6.42 Å². The predicted octanol–water partition coefficient (Wildman–Crippen LogP) is 1.34. The van der Waals surface area contributed by atoms with Gasteiger partial charge < -0.3 is 11.3 Å². The summed E-state index contributed by atoms with van der Waals surface area (Å²) in [6, 6.07) is 0. The van der Waals surface area contributed by atoms with E-state index >= 15 is 0 Å². The molecule has 0 aliphatic heterocycles. The number of hydrogen-bond donors (Lipinski definition) is 1. The number of aliphatic hydroxyl groups excluding tert-OH is 1. The largest absolute Gasteiger partial charge is 1.00 e. The van der Waals surface area contributed by atoms with Gasteiger partial charge in [0.2, 0.25) is 0 Å². The van der Waals surface area contributed by atoms with E-state index in [-0.39, 0.29) is 72.0 Å². The Kier molecular flexibility index (Phi) is 23.4. The van der Waals surface area contributed by atoms with Gasteiger partial charge in [0.25, 0.3) is 0 Å². The van der Waals surface area contributed by atoms with Crippen molar-refractivity contribution in [3.8, 4) is 0 Å². The molecular formula is C16H33KO3. The number of hydrogen-bond acceptors (Lipinski definition) is 3. The van der Waals surface area contributed by atoms with Gasteiger partial charge in [-0.2, -0.15) is 0 Å². The third-order valence-corrected chi connectivity index (χ3v) is 3.34. The molecule has 0 saturated carbocycles. The van der Waals surface area contributed by atoms with Crippen molar-refractivity contribution in [1.29, 1.82) is 0 Å². The summed E-state index contributed by atoms with van der Waals surface area (Å²) in [4.78, 5) is 11.1. The summed E-state index contributed by atoms with van der Waals surface area (Å²) in [5.74, 6) is -0.176. The van der Waals surface area contributed by atoms with Crippen molar-refractivity contribution in [3.63, 3.8) is 0 Å². The van der Waals surface area contributed by atoms with Crippen molar-refractivity contribution < 1.29 is 67.4 Å². The molecule has 0 amide bonds. The summed E-state index contributed by atoms with van der Waals surface area (Å²) >= 11 is 0. The Labute approximate surface area is 169 Å². The van der Waals surface area contributed by atoms with Gasteiger partial charge in [-0.25, -0.2) is 0 Å². The summed E-state index contributed by atoms with van der Waals surface area (Å²) in [7, 11) is 0. The third-order valence-electron chi connectivity index (χ3n) is 3.34. The van der Waals surface area contributed by atoms with Crippen LogP contribution in [0.1, 0.15) is 85.4 Å². The molecule has 0 aromatic carbocycles. The van der Waals surface area contributed by atoms with Gasteiger partial charge in [0.15, 0.2) is 0 Å². The molecule has 1 N–H and O–H groups in total. The van der Waals surface area contributed by atoms with E-state index in [0.29, 0.717) is 6.42 Å². The Hall–Kier alpha value is 1.07. The van der Waals surface area contributed by atoms with Crippen LogP contribution < -0.4 is 51.4 Å². The zero-order valence-corrected chi connectivity index (χ0v) is 16.8. The van der Waals surface area contributed by atoms with Crippen molar-refractivity contribution >= 4 is 5.97 Å². The van der Waals surface area contributed by atoms with Gasteiger partial charge in [0.1, 0.15) is 6.61 Å². The minimum atomic E-state index is -0.176. The van der Waals surface area contributed by atoms with Crippen LogP contribution in [0.15, 0.2) is 0 Å². The van der Waals surface area contributed by atoms with Crippen LogP contribution in [0.4, 0.5) is 0 Å². The quantitative estimate of drug-likeness (QED) is 0.299. The van der Waals surface area contributed by atoms with Crippen molar-refractivity contribution in [2.45, 2.75) is 84.0 Å². The number of rotatable bonds is 14. The first kappa shape index (κ1) is 23.3. The van der Waals surface area contributed by atoms with Gasteiger partial charge in [-0.3, -0.25) is 4.79 Å². The Balaban J connectivity index is -0.00000162. The van der Waals surface area contributed by atoms with E-state index in [0.717, 1.165) is 12.8 Å². The molecule has 0 spiro atoms. The number of carbonyl (C=O) groups excluding carboxylic acids is 1. The normalized spacial score (nSPS) is 10.1. The molecule has 0 aromatic rings. The first-order valence-corrected chi connectivity index (χ1v) is 8.07. The third kappa shape index (κ3) is 19.1. The molecule has 0 aromatic heterocycles. The number of unbranched alkanes of at least 4 members (excludes halogenated alkanes) is 10. The van der Waals surface area contributed by atoms with E-state index in [1.807, 2.05) is 0 Å². The predicted molar refractivity (Wildman–Crippen MR) is 80.2 cm³/mol. The van der Waals surface area contributed by atoms with Crippen molar-refractivity contribution in [3.05, 3.63) is 0 Å². The summed E-state index contributed by atoms with van der Waals surface area (Å²) in [6.07, 6.45) is 14.6. The van der Waals surface area contributed by atoms with E-state index in [1.54, 1.807) is 0 Å². The molecule has 0 bridgehead atoms. The monoisotopic (exact) mass is 312 g/mol. The van der Waals surface area contributed by atoms with Crippen LogP contribution in [-0.4, -0.2) is 24.3 Å². The number of carbonyl (C=O) groups is 1. The molecule has 0 radical (unpaired) electrons. The standard InChI is InChI=1S/C16H32O3.K.H/c1-2-3-4-5-6-7-8-9-10-11-12-13-16(18)19-15-14-17;;/h17H,2-15H2,1H3;;/q;+1;-1. The Morgan fingerprint density at radius 3 is 1.80 bits per heavy atom. The Bertz CT molecular complexity index is 204. The molecule has 0 aliphatic rings. The summed E-state index contributed by atoms with van der Waals surface area (Å²) in [5, 5.41) is 8.50. The van der Waals surface area contributed by atoms with E-state index in [4.69, 9.17) is 9.84 Å². The second-order valence-corrected chi connectivity index (χ2v) is 5.23. The maximum Gasteiger partial charge on any atom is 1.00 e. The zero-order chi connectivity index (χ0) is 14.2. The molecule has 20 heavy (non-hydrogen) atoms. The zero-order valence-electron chi connectivity index (χ0n) is 14.7. The molecule has 3 nitrogen and oxygen atoms in total. The Morgan fingerprint density at radius 2 is 1.35 bits per heavy atom. The average Bonchev–Trinajstić information content (AvgIpc) is 2.42. The average molecular weight is 313 g/mol. The van der Waals surface area contributed by atoms with E-state index in [2.05, 4.69) is 6.92 Å². The molecule has 0 heterocycles. The summed E-state index contributed by atoms with van der Waals surface area (Å²) < 4.78 is 4.79. The minimum Gasteiger partial charge on any atom is -1.00 e. The second kappa shape index (κ2) is 20.1.